The van der Waals surface area contributed by atoms with Gasteiger partial charge in [0.2, 0.25) is 11.8 Å². The Hall–Kier alpha value is -3.21. The van der Waals surface area contributed by atoms with Crippen LogP contribution in [0.5, 0.6) is 0 Å². The third-order valence-corrected chi connectivity index (χ3v) is 6.20. The van der Waals surface area contributed by atoms with Gasteiger partial charge in [0.05, 0.1) is 29.6 Å². The highest BCUT2D eigenvalue weighted by atomic mass is 16.2. The standard InChI is InChI=1S/C23H20N2O3/c1-14-16-10-5-6-11-17(16)21(26)24(14)19-13-7-12-18-20(19)23(28)25(22(18)27)15-8-3-2-4-9-15/h2-11,13-14,18-20H,12H2,1H3/t14-,18+,19-,20+/m0/s1. The van der Waals surface area contributed by atoms with E-state index in [0.717, 1.165) is 5.56 Å². The van der Waals surface area contributed by atoms with E-state index in [1.807, 2.05) is 61.5 Å². The van der Waals surface area contributed by atoms with Gasteiger partial charge < -0.3 is 4.90 Å². The molecular weight excluding hydrogens is 352 g/mol. The van der Waals surface area contributed by atoms with Crippen molar-refractivity contribution in [2.75, 3.05) is 4.90 Å². The van der Waals surface area contributed by atoms with Gasteiger partial charge in [-0.2, -0.15) is 0 Å². The van der Waals surface area contributed by atoms with Gasteiger partial charge in [-0.3, -0.25) is 14.4 Å². The SMILES string of the molecule is C[C@H]1c2ccccc2C(=O)N1[C@H]1C=CC[C@H]2C(=O)N(c3ccccc3)C(=O)[C@H]21. The Morgan fingerprint density at radius 1 is 0.893 bits per heavy atom. The molecule has 0 N–H and O–H groups in total. The lowest BCUT2D eigenvalue weighted by atomic mass is 9.80. The van der Waals surface area contributed by atoms with Crippen LogP contribution in [0.2, 0.25) is 0 Å². The van der Waals surface area contributed by atoms with E-state index in [4.69, 9.17) is 0 Å². The molecule has 2 heterocycles. The zero-order chi connectivity index (χ0) is 19.4. The van der Waals surface area contributed by atoms with Gasteiger partial charge in [0, 0.05) is 5.56 Å². The molecule has 0 saturated carbocycles. The number of hydrogen-bond donors (Lipinski definition) is 0. The highest BCUT2D eigenvalue weighted by molar-refractivity contribution is 6.22. The van der Waals surface area contributed by atoms with Crippen molar-refractivity contribution in [1.29, 1.82) is 0 Å². The normalized spacial score (nSPS) is 28.7. The Balaban J connectivity index is 1.54. The number of hydrogen-bond acceptors (Lipinski definition) is 3. The molecule has 1 aliphatic carbocycles. The molecule has 1 fully saturated rings. The minimum Gasteiger partial charge on any atom is -0.325 e. The van der Waals surface area contributed by atoms with Crippen molar-refractivity contribution >= 4 is 23.4 Å². The minimum absolute atomic E-state index is 0.0724. The quantitative estimate of drug-likeness (QED) is 0.600. The molecule has 0 bridgehead atoms. The summed E-state index contributed by atoms with van der Waals surface area (Å²) in [5.74, 6) is -1.43. The summed E-state index contributed by atoms with van der Waals surface area (Å²) in [5, 5.41) is 0. The second-order valence-electron chi connectivity index (χ2n) is 7.61. The number of amides is 3. The molecule has 0 radical (unpaired) electrons. The molecule has 3 aliphatic rings. The first kappa shape index (κ1) is 16.9. The van der Waals surface area contributed by atoms with Crippen molar-refractivity contribution in [3.05, 3.63) is 77.9 Å². The maximum Gasteiger partial charge on any atom is 0.255 e. The summed E-state index contributed by atoms with van der Waals surface area (Å²) >= 11 is 0. The Kier molecular flexibility index (Phi) is 3.72. The Morgan fingerprint density at radius 2 is 1.61 bits per heavy atom. The van der Waals surface area contributed by atoms with E-state index in [2.05, 4.69) is 0 Å². The summed E-state index contributed by atoms with van der Waals surface area (Å²) in [6.07, 6.45) is 4.40. The second kappa shape index (κ2) is 6.16. The van der Waals surface area contributed by atoms with Gasteiger partial charge in [-0.05, 0) is 37.1 Å². The second-order valence-corrected chi connectivity index (χ2v) is 7.61. The smallest absolute Gasteiger partial charge is 0.255 e. The molecule has 2 aromatic carbocycles. The molecule has 5 nitrogen and oxygen atoms in total. The van der Waals surface area contributed by atoms with E-state index >= 15 is 0 Å². The van der Waals surface area contributed by atoms with Gasteiger partial charge in [0.1, 0.15) is 0 Å². The molecule has 140 valence electrons. The molecule has 0 spiro atoms. The summed E-state index contributed by atoms with van der Waals surface area (Å²) in [4.78, 5) is 42.6. The number of carbonyl (C=O) groups excluding carboxylic acids is 3. The van der Waals surface area contributed by atoms with Crippen molar-refractivity contribution < 1.29 is 14.4 Å². The van der Waals surface area contributed by atoms with Crippen molar-refractivity contribution in [1.82, 2.24) is 4.90 Å². The maximum absolute atomic E-state index is 13.3. The van der Waals surface area contributed by atoms with Gasteiger partial charge in [0.15, 0.2) is 0 Å². The topological polar surface area (TPSA) is 57.7 Å². The lowest BCUT2D eigenvalue weighted by Gasteiger charge is -2.36. The van der Waals surface area contributed by atoms with Crippen LogP contribution in [0.4, 0.5) is 5.69 Å². The van der Waals surface area contributed by atoms with E-state index in [9.17, 15) is 14.4 Å². The number of rotatable bonds is 2. The number of anilines is 1. The first-order valence-corrected chi connectivity index (χ1v) is 9.60. The lowest BCUT2D eigenvalue weighted by Crippen LogP contribution is -2.46. The van der Waals surface area contributed by atoms with Crippen LogP contribution in [-0.4, -0.2) is 28.7 Å². The van der Waals surface area contributed by atoms with Crippen LogP contribution in [-0.2, 0) is 9.59 Å². The number of benzene rings is 2. The summed E-state index contributed by atoms with van der Waals surface area (Å²) in [5.41, 5.74) is 2.25. The van der Waals surface area contributed by atoms with Crippen LogP contribution in [0.15, 0.2) is 66.7 Å². The van der Waals surface area contributed by atoms with Gasteiger partial charge in [-0.1, -0.05) is 48.6 Å². The highest BCUT2D eigenvalue weighted by Gasteiger charge is 2.55. The number of fused-ring (bicyclic) bond motifs is 2. The van der Waals surface area contributed by atoms with E-state index in [-0.39, 0.29) is 23.8 Å². The number of allylic oxidation sites excluding steroid dienone is 1. The summed E-state index contributed by atoms with van der Waals surface area (Å²) in [6, 6.07) is 16.0. The fourth-order valence-corrected chi connectivity index (χ4v) is 4.88. The van der Waals surface area contributed by atoms with E-state index in [1.54, 1.807) is 17.0 Å². The predicted molar refractivity (Wildman–Crippen MR) is 104 cm³/mol. The number of carbonyl (C=O) groups is 3. The molecule has 0 aromatic heterocycles. The average Bonchev–Trinajstić information content (AvgIpc) is 3.14. The Morgan fingerprint density at radius 3 is 2.36 bits per heavy atom. The Labute approximate surface area is 163 Å². The first-order valence-electron chi connectivity index (χ1n) is 9.60. The Bertz CT molecular complexity index is 1010. The van der Waals surface area contributed by atoms with Crippen LogP contribution in [0.25, 0.3) is 0 Å². The molecule has 0 unspecified atom stereocenters. The third kappa shape index (κ3) is 2.22. The molecule has 28 heavy (non-hydrogen) atoms. The van der Waals surface area contributed by atoms with E-state index < -0.39 is 17.9 Å². The summed E-state index contributed by atoms with van der Waals surface area (Å²) < 4.78 is 0. The van der Waals surface area contributed by atoms with Crippen molar-refractivity contribution in [2.45, 2.75) is 25.4 Å². The first-order chi connectivity index (χ1) is 13.6. The van der Waals surface area contributed by atoms with Crippen LogP contribution >= 0.6 is 0 Å². The molecule has 5 heteroatoms. The van der Waals surface area contributed by atoms with Gasteiger partial charge in [-0.25, -0.2) is 4.90 Å². The molecule has 2 aliphatic heterocycles. The summed E-state index contributed by atoms with van der Waals surface area (Å²) in [7, 11) is 0. The van der Waals surface area contributed by atoms with Crippen LogP contribution in [0, 0.1) is 11.8 Å². The van der Waals surface area contributed by atoms with Gasteiger partial charge in [0.25, 0.3) is 5.91 Å². The lowest BCUT2D eigenvalue weighted by molar-refractivity contribution is -0.122. The zero-order valence-corrected chi connectivity index (χ0v) is 15.5. The monoisotopic (exact) mass is 372 g/mol. The molecule has 3 amide bonds. The summed E-state index contributed by atoms with van der Waals surface area (Å²) in [6.45, 7) is 1.98. The van der Waals surface area contributed by atoms with Crippen LogP contribution in [0.3, 0.4) is 0 Å². The fourth-order valence-electron chi connectivity index (χ4n) is 4.88. The highest BCUT2D eigenvalue weighted by Crippen LogP contribution is 2.44. The molecule has 1 saturated heterocycles. The van der Waals surface area contributed by atoms with Gasteiger partial charge in [-0.15, -0.1) is 0 Å². The number of imide groups is 1. The van der Waals surface area contributed by atoms with Crippen LogP contribution < -0.4 is 4.90 Å². The largest absolute Gasteiger partial charge is 0.325 e. The van der Waals surface area contributed by atoms with E-state index in [1.165, 1.54) is 4.90 Å². The van der Waals surface area contributed by atoms with Crippen molar-refractivity contribution in [3.8, 4) is 0 Å². The number of para-hydroxylation sites is 1. The maximum atomic E-state index is 13.3. The van der Waals surface area contributed by atoms with Gasteiger partial charge >= 0.3 is 0 Å². The fraction of sp³-hybridized carbons (Fsp3) is 0.261. The van der Waals surface area contributed by atoms with Crippen LogP contribution in [0.1, 0.15) is 35.3 Å². The number of nitrogens with zero attached hydrogens (tertiary/aromatic N) is 2. The third-order valence-electron chi connectivity index (χ3n) is 6.20. The molecule has 2 aromatic rings. The average molecular weight is 372 g/mol. The van der Waals surface area contributed by atoms with Crippen molar-refractivity contribution in [3.63, 3.8) is 0 Å². The molecule has 5 rings (SSSR count). The predicted octanol–water partition coefficient (Wildman–Crippen LogP) is 3.34. The zero-order valence-electron chi connectivity index (χ0n) is 15.5. The molecular formula is C23H20N2O3. The van der Waals surface area contributed by atoms with E-state index in [0.29, 0.717) is 17.7 Å². The van der Waals surface area contributed by atoms with Crippen molar-refractivity contribution in [2.24, 2.45) is 11.8 Å². The molecule has 4 atom stereocenters. The minimum atomic E-state index is -0.543.